The highest BCUT2D eigenvalue weighted by molar-refractivity contribution is 4.90. The molecule has 0 aromatic carbocycles. The molecular weight excluding hydrogens is 328 g/mol. The van der Waals surface area contributed by atoms with Gasteiger partial charge < -0.3 is 5.11 Å². The molecule has 3 atom stereocenters. The molecule has 0 radical (unpaired) electrons. The zero-order valence-corrected chi connectivity index (χ0v) is 18.2. The highest BCUT2D eigenvalue weighted by atomic mass is 16.3. The number of hydrogen-bond donors (Lipinski definition) is 1. The van der Waals surface area contributed by atoms with Crippen LogP contribution >= 0.6 is 0 Å². The van der Waals surface area contributed by atoms with Gasteiger partial charge in [-0.2, -0.15) is 0 Å². The summed E-state index contributed by atoms with van der Waals surface area (Å²) in [6, 6.07) is 0. The second-order valence-corrected chi connectivity index (χ2v) is 11.5. The maximum absolute atomic E-state index is 11.0. The average molecular weight is 375 g/mol. The summed E-state index contributed by atoms with van der Waals surface area (Å²) in [4.78, 5) is 0. The Balaban J connectivity index is 1.22. The minimum Gasteiger partial charge on any atom is -0.393 e. The van der Waals surface area contributed by atoms with Crippen LogP contribution in [0.15, 0.2) is 0 Å². The van der Waals surface area contributed by atoms with Gasteiger partial charge in [0.05, 0.1) is 6.10 Å². The SMILES string of the molecule is CC1CCC(C2CCC(C3CCC(C4CCC(C)CC4)CC3O)CC2)CC1. The van der Waals surface area contributed by atoms with Crippen LogP contribution in [0.4, 0.5) is 0 Å². The molecule has 1 heteroatoms. The second-order valence-electron chi connectivity index (χ2n) is 11.5. The highest BCUT2D eigenvalue weighted by Gasteiger charge is 2.40. The number of rotatable bonds is 3. The van der Waals surface area contributed by atoms with Crippen molar-refractivity contribution >= 4 is 0 Å². The second kappa shape index (κ2) is 9.19. The van der Waals surface area contributed by atoms with Crippen LogP contribution in [-0.2, 0) is 0 Å². The Labute approximate surface area is 169 Å². The molecule has 0 aromatic heterocycles. The van der Waals surface area contributed by atoms with Gasteiger partial charge >= 0.3 is 0 Å². The van der Waals surface area contributed by atoms with Crippen LogP contribution in [-0.4, -0.2) is 11.2 Å². The van der Waals surface area contributed by atoms with E-state index in [0.717, 1.165) is 47.8 Å². The first kappa shape index (κ1) is 20.2. The Morgan fingerprint density at radius 2 is 0.815 bits per heavy atom. The number of aliphatic hydroxyl groups is 1. The first-order valence-electron chi connectivity index (χ1n) is 12.8. The van der Waals surface area contributed by atoms with E-state index in [0.29, 0.717) is 5.92 Å². The highest BCUT2D eigenvalue weighted by Crippen LogP contribution is 2.48. The molecule has 27 heavy (non-hydrogen) atoms. The van der Waals surface area contributed by atoms with E-state index in [9.17, 15) is 5.11 Å². The van der Waals surface area contributed by atoms with Gasteiger partial charge in [0.25, 0.3) is 0 Å². The van der Waals surface area contributed by atoms with Crippen molar-refractivity contribution < 1.29 is 5.11 Å². The van der Waals surface area contributed by atoms with E-state index >= 15 is 0 Å². The van der Waals surface area contributed by atoms with Gasteiger partial charge in [-0.05, 0) is 118 Å². The van der Waals surface area contributed by atoms with E-state index in [1.165, 1.54) is 89.9 Å². The fraction of sp³-hybridized carbons (Fsp3) is 1.00. The van der Waals surface area contributed by atoms with Crippen molar-refractivity contribution in [3.8, 4) is 0 Å². The summed E-state index contributed by atoms with van der Waals surface area (Å²) in [7, 11) is 0. The fourth-order valence-electron chi connectivity index (χ4n) is 7.74. The van der Waals surface area contributed by atoms with Gasteiger partial charge in [0.1, 0.15) is 0 Å². The summed E-state index contributed by atoms with van der Waals surface area (Å²) in [6.07, 6.45) is 21.4. The molecule has 0 aromatic rings. The third kappa shape index (κ3) is 4.93. The van der Waals surface area contributed by atoms with Crippen LogP contribution in [0.2, 0.25) is 0 Å². The lowest BCUT2D eigenvalue weighted by molar-refractivity contribution is -0.0183. The minimum atomic E-state index is 0.0141. The van der Waals surface area contributed by atoms with Crippen molar-refractivity contribution in [1.82, 2.24) is 0 Å². The third-order valence-corrected chi connectivity index (χ3v) is 9.79. The summed E-state index contributed by atoms with van der Waals surface area (Å²) in [6.45, 7) is 4.87. The molecule has 0 heterocycles. The van der Waals surface area contributed by atoms with Gasteiger partial charge in [-0.1, -0.05) is 39.5 Å². The quantitative estimate of drug-likeness (QED) is 0.552. The minimum absolute atomic E-state index is 0.0141. The van der Waals surface area contributed by atoms with E-state index in [2.05, 4.69) is 13.8 Å². The van der Waals surface area contributed by atoms with Crippen LogP contribution in [0.1, 0.15) is 110 Å². The summed E-state index contributed by atoms with van der Waals surface area (Å²) in [5.74, 6) is 7.23. The Kier molecular flexibility index (Phi) is 6.89. The zero-order chi connectivity index (χ0) is 18.8. The summed E-state index contributed by atoms with van der Waals surface area (Å²) < 4.78 is 0. The zero-order valence-electron chi connectivity index (χ0n) is 18.2. The van der Waals surface area contributed by atoms with Gasteiger partial charge in [0.15, 0.2) is 0 Å². The van der Waals surface area contributed by atoms with Crippen molar-refractivity contribution in [3.05, 3.63) is 0 Å². The van der Waals surface area contributed by atoms with Crippen molar-refractivity contribution in [2.24, 2.45) is 47.3 Å². The summed E-state index contributed by atoms with van der Waals surface area (Å²) >= 11 is 0. The molecule has 0 saturated heterocycles. The smallest absolute Gasteiger partial charge is 0.0573 e. The van der Waals surface area contributed by atoms with Crippen LogP contribution in [0, 0.1) is 47.3 Å². The molecule has 4 fully saturated rings. The molecule has 3 unspecified atom stereocenters. The van der Waals surface area contributed by atoms with Crippen molar-refractivity contribution in [1.29, 1.82) is 0 Å². The van der Waals surface area contributed by atoms with Crippen molar-refractivity contribution in [3.63, 3.8) is 0 Å². The molecule has 4 rings (SSSR count). The molecule has 4 aliphatic rings. The molecule has 0 aliphatic heterocycles. The van der Waals surface area contributed by atoms with E-state index in [-0.39, 0.29) is 6.10 Å². The standard InChI is InChI=1S/C26H46O/c1-18-3-7-20(8-4-18)21-11-13-23(14-12-21)25-16-15-24(17-26(25)27)22-9-5-19(2)6-10-22/h18-27H,3-17H2,1-2H3. The average Bonchev–Trinajstić information content (AvgIpc) is 2.69. The van der Waals surface area contributed by atoms with Gasteiger partial charge in [-0.25, -0.2) is 0 Å². The Morgan fingerprint density at radius 1 is 0.444 bits per heavy atom. The Morgan fingerprint density at radius 3 is 1.30 bits per heavy atom. The first-order valence-corrected chi connectivity index (χ1v) is 12.8. The van der Waals surface area contributed by atoms with Gasteiger partial charge in [-0.3, -0.25) is 0 Å². The number of hydrogen-bond acceptors (Lipinski definition) is 1. The van der Waals surface area contributed by atoms with E-state index in [1.807, 2.05) is 0 Å². The van der Waals surface area contributed by atoms with Gasteiger partial charge in [-0.15, -0.1) is 0 Å². The van der Waals surface area contributed by atoms with Gasteiger partial charge in [0, 0.05) is 0 Å². The molecular formula is C26H46O. The maximum Gasteiger partial charge on any atom is 0.0573 e. The predicted molar refractivity (Wildman–Crippen MR) is 115 cm³/mol. The fourth-order valence-corrected chi connectivity index (χ4v) is 7.74. The lowest BCUT2D eigenvalue weighted by Crippen LogP contribution is -2.39. The van der Waals surface area contributed by atoms with Crippen LogP contribution in [0.5, 0.6) is 0 Å². The molecule has 4 saturated carbocycles. The molecule has 0 amide bonds. The van der Waals surface area contributed by atoms with Crippen molar-refractivity contribution in [2.75, 3.05) is 0 Å². The molecule has 1 nitrogen and oxygen atoms in total. The monoisotopic (exact) mass is 374 g/mol. The maximum atomic E-state index is 11.0. The lowest BCUT2D eigenvalue weighted by Gasteiger charge is -2.45. The predicted octanol–water partition coefficient (Wildman–Crippen LogP) is 7.22. The third-order valence-electron chi connectivity index (χ3n) is 9.79. The first-order chi connectivity index (χ1) is 13.1. The molecule has 4 aliphatic carbocycles. The molecule has 0 bridgehead atoms. The van der Waals surface area contributed by atoms with E-state index in [4.69, 9.17) is 0 Å². The van der Waals surface area contributed by atoms with E-state index < -0.39 is 0 Å². The van der Waals surface area contributed by atoms with E-state index in [1.54, 1.807) is 0 Å². The molecule has 1 N–H and O–H groups in total. The number of aliphatic hydroxyl groups excluding tert-OH is 1. The molecule has 156 valence electrons. The van der Waals surface area contributed by atoms with Crippen LogP contribution in [0.3, 0.4) is 0 Å². The Bertz CT molecular complexity index is 435. The topological polar surface area (TPSA) is 20.2 Å². The Hall–Kier alpha value is -0.0400. The summed E-state index contributed by atoms with van der Waals surface area (Å²) in [5.41, 5.74) is 0. The summed E-state index contributed by atoms with van der Waals surface area (Å²) in [5, 5.41) is 11.0. The van der Waals surface area contributed by atoms with Gasteiger partial charge in [0.2, 0.25) is 0 Å². The van der Waals surface area contributed by atoms with Crippen LogP contribution in [0.25, 0.3) is 0 Å². The lowest BCUT2D eigenvalue weighted by atomic mass is 9.62. The van der Waals surface area contributed by atoms with Crippen LogP contribution < -0.4 is 0 Å². The normalized spacial score (nSPS) is 49.7. The van der Waals surface area contributed by atoms with Crippen molar-refractivity contribution in [2.45, 2.75) is 116 Å². The largest absolute Gasteiger partial charge is 0.393 e. The molecule has 0 spiro atoms.